The zero-order valence-corrected chi connectivity index (χ0v) is 16.0. The van der Waals surface area contributed by atoms with E-state index in [1.807, 2.05) is 37.3 Å². The van der Waals surface area contributed by atoms with Gasteiger partial charge in [0.1, 0.15) is 5.76 Å². The summed E-state index contributed by atoms with van der Waals surface area (Å²) in [6, 6.07) is 16.3. The van der Waals surface area contributed by atoms with Crippen LogP contribution in [0.4, 0.5) is 11.5 Å². The molecule has 1 aromatic carbocycles. The zero-order chi connectivity index (χ0) is 20.4. The normalized spacial score (nSPS) is 10.8. The Morgan fingerprint density at radius 3 is 2.59 bits per heavy atom. The monoisotopic (exact) mass is 389 g/mol. The van der Waals surface area contributed by atoms with E-state index in [9.17, 15) is 9.59 Å². The van der Waals surface area contributed by atoms with Crippen molar-refractivity contribution in [1.82, 2.24) is 14.5 Å². The molecule has 0 aliphatic carbocycles. The average molecular weight is 389 g/mol. The molecule has 3 heterocycles. The summed E-state index contributed by atoms with van der Waals surface area (Å²) < 4.78 is 6.60. The molecule has 4 rings (SSSR count). The SMILES string of the molecule is CCN(C(=O)c1nc(C(=O)Nc2cc(C)on2)c2ccccn12)c1ccccc1. The minimum atomic E-state index is -0.469. The molecule has 1 N–H and O–H groups in total. The fourth-order valence-corrected chi connectivity index (χ4v) is 3.13. The Morgan fingerprint density at radius 2 is 1.90 bits per heavy atom. The van der Waals surface area contributed by atoms with Crippen LogP contribution in [0.3, 0.4) is 0 Å². The number of aromatic nitrogens is 3. The first kappa shape index (κ1) is 18.4. The lowest BCUT2D eigenvalue weighted by atomic mass is 10.3. The highest BCUT2D eigenvalue weighted by Gasteiger charge is 2.25. The summed E-state index contributed by atoms with van der Waals surface area (Å²) in [6.07, 6.45) is 1.71. The molecule has 146 valence electrons. The quantitative estimate of drug-likeness (QED) is 0.563. The van der Waals surface area contributed by atoms with Gasteiger partial charge in [0.25, 0.3) is 11.8 Å². The van der Waals surface area contributed by atoms with Gasteiger partial charge in [-0.3, -0.25) is 14.0 Å². The number of nitrogens with zero attached hydrogens (tertiary/aromatic N) is 4. The van der Waals surface area contributed by atoms with Gasteiger partial charge in [-0.15, -0.1) is 0 Å². The van der Waals surface area contributed by atoms with Crippen molar-refractivity contribution >= 4 is 28.8 Å². The molecule has 4 aromatic rings. The third-order valence-corrected chi connectivity index (χ3v) is 4.45. The topological polar surface area (TPSA) is 92.7 Å². The third-order valence-electron chi connectivity index (χ3n) is 4.45. The van der Waals surface area contributed by atoms with Crippen LogP contribution in [0.25, 0.3) is 5.52 Å². The number of carbonyl (C=O) groups excluding carboxylic acids is 2. The molecule has 0 saturated carbocycles. The predicted octanol–water partition coefficient (Wildman–Crippen LogP) is 3.55. The second-order valence-electron chi connectivity index (χ2n) is 6.40. The van der Waals surface area contributed by atoms with Crippen LogP contribution in [0.5, 0.6) is 0 Å². The summed E-state index contributed by atoms with van der Waals surface area (Å²) >= 11 is 0. The van der Waals surface area contributed by atoms with Gasteiger partial charge in [0.15, 0.2) is 11.5 Å². The number of aryl methyl sites for hydroxylation is 1. The number of para-hydroxylation sites is 1. The first-order valence-electron chi connectivity index (χ1n) is 9.17. The zero-order valence-electron chi connectivity index (χ0n) is 16.0. The molecule has 0 spiro atoms. The minimum Gasteiger partial charge on any atom is -0.360 e. The number of carbonyl (C=O) groups is 2. The smallest absolute Gasteiger partial charge is 0.294 e. The molecule has 0 saturated heterocycles. The molecular weight excluding hydrogens is 370 g/mol. The van der Waals surface area contributed by atoms with Gasteiger partial charge in [0.05, 0.1) is 5.52 Å². The first-order chi connectivity index (χ1) is 14.1. The fraction of sp³-hybridized carbons (Fsp3) is 0.143. The first-order valence-corrected chi connectivity index (χ1v) is 9.17. The van der Waals surface area contributed by atoms with Crippen molar-refractivity contribution in [2.45, 2.75) is 13.8 Å². The van der Waals surface area contributed by atoms with Crippen molar-refractivity contribution in [2.75, 3.05) is 16.8 Å². The molecular formula is C21H19N5O3. The van der Waals surface area contributed by atoms with Crippen LogP contribution in [0.2, 0.25) is 0 Å². The number of anilines is 2. The maximum atomic E-state index is 13.3. The Bertz CT molecular complexity index is 1180. The van der Waals surface area contributed by atoms with E-state index in [0.29, 0.717) is 17.8 Å². The lowest BCUT2D eigenvalue weighted by Gasteiger charge is -2.20. The van der Waals surface area contributed by atoms with Crippen molar-refractivity contribution < 1.29 is 14.1 Å². The Morgan fingerprint density at radius 1 is 1.14 bits per heavy atom. The highest BCUT2D eigenvalue weighted by atomic mass is 16.5. The number of pyridine rings is 1. The average Bonchev–Trinajstić information content (AvgIpc) is 3.32. The molecule has 0 bridgehead atoms. The summed E-state index contributed by atoms with van der Waals surface area (Å²) in [5.74, 6) is 0.261. The number of hydrogen-bond donors (Lipinski definition) is 1. The number of rotatable bonds is 5. The van der Waals surface area contributed by atoms with Crippen molar-refractivity contribution in [3.63, 3.8) is 0 Å². The van der Waals surface area contributed by atoms with Crippen LogP contribution in [0.15, 0.2) is 65.3 Å². The van der Waals surface area contributed by atoms with Crippen LogP contribution in [-0.4, -0.2) is 32.9 Å². The Balaban J connectivity index is 1.74. The van der Waals surface area contributed by atoms with Crippen LogP contribution < -0.4 is 10.2 Å². The maximum absolute atomic E-state index is 13.3. The van der Waals surface area contributed by atoms with Gasteiger partial charge in [-0.05, 0) is 38.1 Å². The Labute approximate surface area is 166 Å². The molecule has 0 aliphatic rings. The van der Waals surface area contributed by atoms with Gasteiger partial charge < -0.3 is 14.7 Å². The van der Waals surface area contributed by atoms with E-state index in [4.69, 9.17) is 4.52 Å². The Kier molecular flexibility index (Phi) is 4.82. The number of amides is 2. The van der Waals surface area contributed by atoms with Crippen molar-refractivity contribution in [2.24, 2.45) is 0 Å². The molecule has 0 fully saturated rings. The summed E-state index contributed by atoms with van der Waals surface area (Å²) in [7, 11) is 0. The summed E-state index contributed by atoms with van der Waals surface area (Å²) in [5.41, 5.74) is 1.42. The summed E-state index contributed by atoms with van der Waals surface area (Å²) in [5, 5.41) is 6.42. The van der Waals surface area contributed by atoms with Gasteiger partial charge in [-0.2, -0.15) is 0 Å². The van der Waals surface area contributed by atoms with E-state index < -0.39 is 5.91 Å². The second kappa shape index (κ2) is 7.59. The van der Waals surface area contributed by atoms with Crippen LogP contribution >= 0.6 is 0 Å². The van der Waals surface area contributed by atoms with Crippen molar-refractivity contribution in [3.8, 4) is 0 Å². The van der Waals surface area contributed by atoms with E-state index >= 15 is 0 Å². The van der Waals surface area contributed by atoms with Crippen molar-refractivity contribution in [3.05, 3.63) is 78.1 Å². The van der Waals surface area contributed by atoms with E-state index in [1.54, 1.807) is 46.7 Å². The highest BCUT2D eigenvalue weighted by Crippen LogP contribution is 2.20. The van der Waals surface area contributed by atoms with Gasteiger partial charge in [0.2, 0.25) is 5.82 Å². The molecule has 2 amide bonds. The minimum absolute atomic E-state index is 0.138. The maximum Gasteiger partial charge on any atom is 0.294 e. The van der Waals surface area contributed by atoms with Gasteiger partial charge in [-0.25, -0.2) is 4.98 Å². The second-order valence-corrected chi connectivity index (χ2v) is 6.40. The molecule has 8 heteroatoms. The Hall–Kier alpha value is -3.94. The molecule has 3 aromatic heterocycles. The van der Waals surface area contributed by atoms with E-state index in [2.05, 4.69) is 15.5 Å². The molecule has 0 aliphatic heterocycles. The number of benzene rings is 1. The van der Waals surface area contributed by atoms with E-state index in [0.717, 1.165) is 5.69 Å². The fourth-order valence-electron chi connectivity index (χ4n) is 3.13. The van der Waals surface area contributed by atoms with Gasteiger partial charge in [0, 0.05) is 24.5 Å². The summed E-state index contributed by atoms with van der Waals surface area (Å²) in [4.78, 5) is 32.1. The molecule has 0 atom stereocenters. The largest absolute Gasteiger partial charge is 0.360 e. The van der Waals surface area contributed by atoms with Crippen molar-refractivity contribution in [1.29, 1.82) is 0 Å². The van der Waals surface area contributed by atoms with Crippen LogP contribution in [-0.2, 0) is 0 Å². The number of imidazole rings is 1. The summed E-state index contributed by atoms with van der Waals surface area (Å²) in [6.45, 7) is 4.08. The molecule has 0 unspecified atom stereocenters. The predicted molar refractivity (Wildman–Crippen MR) is 108 cm³/mol. The van der Waals surface area contributed by atoms with E-state index in [-0.39, 0.29) is 23.2 Å². The lowest BCUT2D eigenvalue weighted by Crippen LogP contribution is -2.32. The van der Waals surface area contributed by atoms with E-state index in [1.165, 1.54) is 0 Å². The third kappa shape index (κ3) is 3.47. The number of hydrogen-bond acceptors (Lipinski definition) is 5. The lowest BCUT2D eigenvalue weighted by molar-refractivity contribution is 0.0978. The molecule has 0 radical (unpaired) electrons. The van der Waals surface area contributed by atoms with Gasteiger partial charge in [-0.1, -0.05) is 29.4 Å². The number of fused-ring (bicyclic) bond motifs is 1. The standard InChI is InChI=1S/C21H19N5O3/c1-3-25(15-9-5-4-6-10-15)21(28)19-23-18(16-11-7-8-12-26(16)19)20(27)22-17-13-14(2)29-24-17/h4-13H,3H2,1-2H3,(H,22,24,27). The van der Waals surface area contributed by atoms with Crippen LogP contribution in [0, 0.1) is 6.92 Å². The van der Waals surface area contributed by atoms with Crippen LogP contribution in [0.1, 0.15) is 33.8 Å². The molecule has 8 nitrogen and oxygen atoms in total. The number of nitrogens with one attached hydrogen (secondary N) is 1. The van der Waals surface area contributed by atoms with Gasteiger partial charge >= 0.3 is 0 Å². The molecule has 29 heavy (non-hydrogen) atoms. The highest BCUT2D eigenvalue weighted by molar-refractivity contribution is 6.10.